The molecule has 21 heavy (non-hydrogen) atoms. The molecule has 0 aliphatic rings. The molecule has 0 radical (unpaired) electrons. The zero-order chi connectivity index (χ0) is 15.2. The van der Waals surface area contributed by atoms with Gasteiger partial charge in [0.15, 0.2) is 0 Å². The molecule has 0 bridgehead atoms. The average molecular weight is 286 g/mol. The molecule has 1 aromatic carbocycles. The number of aromatic nitrogens is 1. The van der Waals surface area contributed by atoms with E-state index >= 15 is 0 Å². The second kappa shape index (κ2) is 7.09. The van der Waals surface area contributed by atoms with Gasteiger partial charge in [-0.3, -0.25) is 4.98 Å². The molecule has 2 rings (SSSR count). The number of ether oxygens (including phenoxy) is 2. The van der Waals surface area contributed by atoms with Crippen molar-refractivity contribution in [3.8, 4) is 11.5 Å². The number of hydrogen-bond donors (Lipinski definition) is 1. The molecule has 0 aliphatic carbocycles. The van der Waals surface area contributed by atoms with Crippen LogP contribution >= 0.6 is 0 Å². The van der Waals surface area contributed by atoms with E-state index in [1.54, 1.807) is 14.2 Å². The van der Waals surface area contributed by atoms with Gasteiger partial charge in [0.25, 0.3) is 0 Å². The first-order valence-corrected chi connectivity index (χ1v) is 7.07. The van der Waals surface area contributed by atoms with Crippen LogP contribution in [0.4, 0.5) is 0 Å². The normalized spacial score (nSPS) is 12.0. The number of pyridine rings is 1. The van der Waals surface area contributed by atoms with Crippen LogP contribution in [0.15, 0.2) is 36.7 Å². The quantitative estimate of drug-likeness (QED) is 0.886. The van der Waals surface area contributed by atoms with Crippen LogP contribution in [0.3, 0.4) is 0 Å². The first kappa shape index (κ1) is 15.3. The van der Waals surface area contributed by atoms with Crippen molar-refractivity contribution in [3.63, 3.8) is 0 Å². The van der Waals surface area contributed by atoms with Gasteiger partial charge in [-0.25, -0.2) is 0 Å². The Morgan fingerprint density at radius 3 is 2.33 bits per heavy atom. The third kappa shape index (κ3) is 3.00. The molecule has 0 spiro atoms. The van der Waals surface area contributed by atoms with Gasteiger partial charge >= 0.3 is 0 Å². The Kier molecular flexibility index (Phi) is 5.17. The van der Waals surface area contributed by atoms with Crippen LogP contribution in [0.1, 0.15) is 29.7 Å². The van der Waals surface area contributed by atoms with E-state index in [4.69, 9.17) is 9.47 Å². The number of methoxy groups -OCH3 is 2. The molecule has 1 unspecified atom stereocenters. The van der Waals surface area contributed by atoms with E-state index in [2.05, 4.69) is 17.2 Å². The van der Waals surface area contributed by atoms with Crippen LogP contribution in [0.5, 0.6) is 11.5 Å². The highest BCUT2D eigenvalue weighted by molar-refractivity contribution is 5.51. The molecule has 1 heterocycles. The maximum atomic E-state index is 5.53. The summed E-state index contributed by atoms with van der Waals surface area (Å²) in [4.78, 5) is 4.22. The van der Waals surface area contributed by atoms with Crippen LogP contribution in [0.25, 0.3) is 0 Å². The van der Waals surface area contributed by atoms with Gasteiger partial charge < -0.3 is 14.8 Å². The van der Waals surface area contributed by atoms with E-state index < -0.39 is 0 Å². The molecule has 2 aromatic rings. The second-order valence-electron chi connectivity index (χ2n) is 4.73. The van der Waals surface area contributed by atoms with Gasteiger partial charge in [-0.1, -0.05) is 13.0 Å². The summed E-state index contributed by atoms with van der Waals surface area (Å²) >= 11 is 0. The van der Waals surface area contributed by atoms with Crippen molar-refractivity contribution in [1.82, 2.24) is 10.3 Å². The molecule has 112 valence electrons. The smallest absolute Gasteiger partial charge is 0.127 e. The van der Waals surface area contributed by atoms with Crippen molar-refractivity contribution in [2.75, 3.05) is 21.3 Å². The van der Waals surface area contributed by atoms with Gasteiger partial charge in [0.1, 0.15) is 11.5 Å². The predicted molar refractivity (Wildman–Crippen MR) is 84.1 cm³/mol. The molecule has 0 aliphatic heterocycles. The summed E-state index contributed by atoms with van der Waals surface area (Å²) in [6.45, 7) is 2.13. The molecule has 4 nitrogen and oxygen atoms in total. The van der Waals surface area contributed by atoms with Crippen molar-refractivity contribution in [2.45, 2.75) is 19.4 Å². The van der Waals surface area contributed by atoms with Crippen molar-refractivity contribution < 1.29 is 9.47 Å². The first-order chi connectivity index (χ1) is 10.3. The highest BCUT2D eigenvalue weighted by Crippen LogP contribution is 2.38. The Bertz CT molecular complexity index is 577. The topological polar surface area (TPSA) is 43.4 Å². The molecule has 0 saturated heterocycles. The minimum Gasteiger partial charge on any atom is -0.496 e. The van der Waals surface area contributed by atoms with Crippen LogP contribution in [0, 0.1) is 0 Å². The molecule has 4 heteroatoms. The van der Waals surface area contributed by atoms with Crippen molar-refractivity contribution in [2.24, 2.45) is 0 Å². The van der Waals surface area contributed by atoms with Crippen molar-refractivity contribution in [1.29, 1.82) is 0 Å². The van der Waals surface area contributed by atoms with Crippen LogP contribution in [-0.4, -0.2) is 26.3 Å². The fraction of sp³-hybridized carbons (Fsp3) is 0.353. The Labute approximate surface area is 126 Å². The fourth-order valence-electron chi connectivity index (χ4n) is 2.63. The van der Waals surface area contributed by atoms with Gasteiger partial charge in [0.05, 0.1) is 25.8 Å². The SMILES string of the molecule is CCc1cnccc1C(NC)c1c(OC)cccc1OC. The van der Waals surface area contributed by atoms with Crippen molar-refractivity contribution in [3.05, 3.63) is 53.3 Å². The number of nitrogens with zero attached hydrogens (tertiary/aromatic N) is 1. The zero-order valence-corrected chi connectivity index (χ0v) is 13.0. The summed E-state index contributed by atoms with van der Waals surface area (Å²) in [5, 5.41) is 3.37. The van der Waals surface area contributed by atoms with Gasteiger partial charge in [-0.2, -0.15) is 0 Å². The Morgan fingerprint density at radius 2 is 1.81 bits per heavy atom. The van der Waals surface area contributed by atoms with Crippen LogP contribution in [0.2, 0.25) is 0 Å². The summed E-state index contributed by atoms with van der Waals surface area (Å²) in [6.07, 6.45) is 4.67. The van der Waals surface area contributed by atoms with E-state index in [0.717, 1.165) is 23.5 Å². The molecule has 1 atom stereocenters. The summed E-state index contributed by atoms with van der Waals surface area (Å²) < 4.78 is 11.1. The first-order valence-electron chi connectivity index (χ1n) is 7.07. The second-order valence-corrected chi connectivity index (χ2v) is 4.73. The third-order valence-corrected chi connectivity index (χ3v) is 3.68. The fourth-order valence-corrected chi connectivity index (χ4v) is 2.63. The number of hydrogen-bond acceptors (Lipinski definition) is 4. The summed E-state index contributed by atoms with van der Waals surface area (Å²) in [5.41, 5.74) is 3.41. The maximum Gasteiger partial charge on any atom is 0.127 e. The van der Waals surface area contributed by atoms with E-state index in [9.17, 15) is 0 Å². The maximum absolute atomic E-state index is 5.53. The highest BCUT2D eigenvalue weighted by Gasteiger charge is 2.23. The van der Waals surface area contributed by atoms with E-state index in [1.807, 2.05) is 43.7 Å². The van der Waals surface area contributed by atoms with Crippen LogP contribution in [-0.2, 0) is 6.42 Å². The molecule has 0 amide bonds. The molecule has 0 fully saturated rings. The number of nitrogens with one attached hydrogen (secondary N) is 1. The minimum atomic E-state index is -0.00551. The Hall–Kier alpha value is -2.07. The molecule has 0 saturated carbocycles. The lowest BCUT2D eigenvalue weighted by molar-refractivity contribution is 0.378. The van der Waals surface area contributed by atoms with E-state index in [-0.39, 0.29) is 6.04 Å². The van der Waals surface area contributed by atoms with E-state index in [0.29, 0.717) is 0 Å². The zero-order valence-electron chi connectivity index (χ0n) is 13.0. The minimum absolute atomic E-state index is 0.00551. The van der Waals surface area contributed by atoms with Crippen molar-refractivity contribution >= 4 is 0 Å². The summed E-state index contributed by atoms with van der Waals surface area (Å²) in [7, 11) is 5.30. The molecular formula is C17H22N2O2. The third-order valence-electron chi connectivity index (χ3n) is 3.68. The molecule has 1 aromatic heterocycles. The summed E-state index contributed by atoms with van der Waals surface area (Å²) in [5.74, 6) is 1.63. The van der Waals surface area contributed by atoms with Gasteiger partial charge in [0.2, 0.25) is 0 Å². The van der Waals surface area contributed by atoms with Gasteiger partial charge in [-0.05, 0) is 42.8 Å². The lowest BCUT2D eigenvalue weighted by atomic mass is 9.93. The Balaban J connectivity index is 2.61. The lowest BCUT2D eigenvalue weighted by Gasteiger charge is -2.24. The predicted octanol–water partition coefficient (Wildman–Crippen LogP) is 2.97. The Morgan fingerprint density at radius 1 is 1.14 bits per heavy atom. The van der Waals surface area contributed by atoms with Gasteiger partial charge in [0, 0.05) is 12.4 Å². The highest BCUT2D eigenvalue weighted by atomic mass is 16.5. The van der Waals surface area contributed by atoms with E-state index in [1.165, 1.54) is 11.1 Å². The number of aryl methyl sites for hydroxylation is 1. The standard InChI is InChI=1S/C17H22N2O2/c1-5-12-11-19-10-9-13(12)17(18-2)16-14(20-3)7-6-8-15(16)21-4/h6-11,17-18H,5H2,1-4H3. The monoisotopic (exact) mass is 286 g/mol. The molecular weight excluding hydrogens is 264 g/mol. The largest absolute Gasteiger partial charge is 0.496 e. The average Bonchev–Trinajstić information content (AvgIpc) is 2.56. The number of rotatable bonds is 6. The summed E-state index contributed by atoms with van der Waals surface area (Å²) in [6, 6.07) is 7.88. The lowest BCUT2D eigenvalue weighted by Crippen LogP contribution is -2.20. The van der Waals surface area contributed by atoms with Gasteiger partial charge in [-0.15, -0.1) is 0 Å². The molecule has 1 N–H and O–H groups in total. The number of benzene rings is 1. The van der Waals surface area contributed by atoms with Crippen LogP contribution < -0.4 is 14.8 Å².